The number of nitrogens with two attached hydrogens (primary N) is 1. The molecule has 1 heterocycles. The second-order valence-electron chi connectivity index (χ2n) is 10.00. The van der Waals surface area contributed by atoms with Gasteiger partial charge in [-0.3, -0.25) is 14.9 Å². The number of carbonyl (C=O) groups excluding carboxylic acids is 1. The predicted octanol–water partition coefficient (Wildman–Crippen LogP) is 7.44. The van der Waals surface area contributed by atoms with E-state index in [1.165, 1.54) is 5.56 Å². The van der Waals surface area contributed by atoms with Gasteiger partial charge in [-0.2, -0.15) is 0 Å². The summed E-state index contributed by atoms with van der Waals surface area (Å²) in [5.74, 6) is 0.130. The summed E-state index contributed by atoms with van der Waals surface area (Å²) >= 11 is 0. The Balaban J connectivity index is -0.00000202. The third-order valence-electron chi connectivity index (χ3n) is 6.66. The van der Waals surface area contributed by atoms with E-state index in [9.17, 15) is 9.59 Å². The van der Waals surface area contributed by atoms with Crippen molar-refractivity contribution in [3.05, 3.63) is 106 Å². The van der Waals surface area contributed by atoms with Gasteiger partial charge in [0.25, 0.3) is 11.5 Å². The molecule has 1 amide bonds. The fourth-order valence-corrected chi connectivity index (χ4v) is 4.30. The first-order valence-corrected chi connectivity index (χ1v) is 14.7. The third-order valence-corrected chi connectivity index (χ3v) is 6.66. The number of nitrogens with one attached hydrogen (secondary N) is 2. The zero-order valence-electron chi connectivity index (χ0n) is 25.3. The summed E-state index contributed by atoms with van der Waals surface area (Å²) in [6, 6.07) is 20.0. The number of pyridine rings is 1. The third kappa shape index (κ3) is 9.32. The molecule has 0 radical (unpaired) electrons. The molecule has 6 nitrogen and oxygen atoms in total. The molecular weight excluding hydrogens is 496 g/mol. The highest BCUT2D eigenvalue weighted by molar-refractivity contribution is 5.94. The summed E-state index contributed by atoms with van der Waals surface area (Å²) in [4.78, 5) is 26.1. The van der Waals surface area contributed by atoms with Gasteiger partial charge >= 0.3 is 0 Å². The SMILES string of the molecule is CC.CC.CC(C)c1ccc(-c2ccccc2Cn2cccc(C(=O)N[C@H](C)CCCNC3(N)C=C3)c2=O)cc1.[HH].[HH].[HH].[HH]. The lowest BCUT2D eigenvalue weighted by Crippen LogP contribution is -2.42. The molecule has 40 heavy (non-hydrogen) atoms. The van der Waals surface area contributed by atoms with Crippen LogP contribution in [0.1, 0.15) is 94.4 Å². The van der Waals surface area contributed by atoms with Gasteiger partial charge in [0.15, 0.2) is 0 Å². The number of nitrogens with zero attached hydrogens (tertiary/aromatic N) is 1. The van der Waals surface area contributed by atoms with Crippen molar-refractivity contribution in [2.45, 2.75) is 85.5 Å². The molecule has 0 aliphatic heterocycles. The summed E-state index contributed by atoms with van der Waals surface area (Å²) < 4.78 is 1.61. The Morgan fingerprint density at radius 1 is 0.950 bits per heavy atom. The Bertz CT molecular complexity index is 1310. The van der Waals surface area contributed by atoms with Crippen LogP contribution in [0.2, 0.25) is 0 Å². The van der Waals surface area contributed by atoms with Crippen molar-refractivity contribution in [3.8, 4) is 11.1 Å². The van der Waals surface area contributed by atoms with Crippen LogP contribution in [0, 0.1) is 0 Å². The van der Waals surface area contributed by atoms with Crippen LogP contribution in [0.25, 0.3) is 11.1 Å². The molecule has 3 aromatic rings. The second-order valence-corrected chi connectivity index (χ2v) is 10.00. The largest absolute Gasteiger partial charge is 0.349 e. The summed E-state index contributed by atoms with van der Waals surface area (Å²) in [5.41, 5.74) is 9.89. The Labute approximate surface area is 246 Å². The maximum atomic E-state index is 13.2. The van der Waals surface area contributed by atoms with Crippen LogP contribution in [0.5, 0.6) is 0 Å². The molecule has 1 atom stereocenters. The Morgan fingerprint density at radius 2 is 1.60 bits per heavy atom. The van der Waals surface area contributed by atoms with Crippen LogP contribution < -0.4 is 21.9 Å². The first-order valence-electron chi connectivity index (χ1n) is 14.7. The number of hydrogen-bond acceptors (Lipinski definition) is 4. The predicted molar refractivity (Wildman–Crippen MR) is 177 cm³/mol. The molecule has 0 unspecified atom stereocenters. The molecule has 4 N–H and O–H groups in total. The maximum absolute atomic E-state index is 13.2. The van der Waals surface area contributed by atoms with Gasteiger partial charge in [0, 0.05) is 17.9 Å². The molecule has 1 aliphatic carbocycles. The molecule has 1 aliphatic rings. The summed E-state index contributed by atoms with van der Waals surface area (Å²) in [6.07, 6.45) is 7.23. The van der Waals surface area contributed by atoms with Crippen LogP contribution in [-0.2, 0) is 6.54 Å². The van der Waals surface area contributed by atoms with Gasteiger partial charge in [-0.15, -0.1) is 0 Å². The van der Waals surface area contributed by atoms with Gasteiger partial charge < -0.3 is 15.6 Å². The topological polar surface area (TPSA) is 89.2 Å². The van der Waals surface area contributed by atoms with Crippen molar-refractivity contribution in [1.82, 2.24) is 15.2 Å². The Morgan fingerprint density at radius 3 is 2.23 bits per heavy atom. The Kier molecular flexibility index (Phi) is 13.0. The van der Waals surface area contributed by atoms with Gasteiger partial charge in [0.1, 0.15) is 11.2 Å². The van der Waals surface area contributed by atoms with E-state index in [-0.39, 0.29) is 28.8 Å². The van der Waals surface area contributed by atoms with Crippen LogP contribution in [0.3, 0.4) is 0 Å². The number of carbonyl (C=O) groups is 1. The number of aromatic nitrogens is 1. The van der Waals surface area contributed by atoms with Crippen LogP contribution in [-0.4, -0.2) is 28.7 Å². The minimum absolute atomic E-state index is 0. The quantitative estimate of drug-likeness (QED) is 0.131. The summed E-state index contributed by atoms with van der Waals surface area (Å²) in [5, 5.41) is 6.20. The van der Waals surface area contributed by atoms with E-state index in [1.54, 1.807) is 22.9 Å². The molecule has 6 heteroatoms. The van der Waals surface area contributed by atoms with E-state index in [0.29, 0.717) is 12.5 Å². The van der Waals surface area contributed by atoms with E-state index in [1.807, 2.05) is 65.0 Å². The van der Waals surface area contributed by atoms with E-state index in [0.717, 1.165) is 36.1 Å². The summed E-state index contributed by atoms with van der Waals surface area (Å²) in [7, 11) is 0. The summed E-state index contributed by atoms with van der Waals surface area (Å²) in [6.45, 7) is 15.5. The zero-order valence-corrected chi connectivity index (χ0v) is 25.3. The average Bonchev–Trinajstić information content (AvgIpc) is 3.71. The van der Waals surface area contributed by atoms with E-state index in [4.69, 9.17) is 5.73 Å². The van der Waals surface area contributed by atoms with Crippen molar-refractivity contribution in [1.29, 1.82) is 0 Å². The first-order chi connectivity index (χ1) is 19.3. The highest BCUT2D eigenvalue weighted by Crippen LogP contribution is 2.26. The smallest absolute Gasteiger partial charge is 0.263 e. The fraction of sp³-hybridized carbons (Fsp3) is 0.412. The molecule has 224 valence electrons. The highest BCUT2D eigenvalue weighted by Gasteiger charge is 2.27. The second kappa shape index (κ2) is 15.9. The standard InChI is InChI=1S/C30H36N4O2.2C2H6.4H2/c1-21(2)23-12-14-24(15-13-23)26-10-5-4-9-25(26)20-34-19-7-11-27(29(34)36)28(35)33-22(3)8-6-18-32-30(31)16-17-30;2*1-2;;;;/h4-5,7,9-17,19,21-22,32H,6,8,18,20,31H2,1-3H3,(H,33,35);2*1-2H3;4*1H/t22-;;;;;;/m1....../s1. The van der Waals surface area contributed by atoms with Gasteiger partial charge in [-0.05, 0) is 78.8 Å². The van der Waals surface area contributed by atoms with Crippen molar-refractivity contribution in [3.63, 3.8) is 0 Å². The van der Waals surface area contributed by atoms with Gasteiger partial charge in [-0.1, -0.05) is 90.1 Å². The van der Waals surface area contributed by atoms with Crippen LogP contribution in [0.4, 0.5) is 0 Å². The number of amides is 1. The molecule has 2 aromatic carbocycles. The van der Waals surface area contributed by atoms with E-state index in [2.05, 4.69) is 54.8 Å². The highest BCUT2D eigenvalue weighted by atomic mass is 16.2. The minimum atomic E-state index is -0.419. The lowest BCUT2D eigenvalue weighted by molar-refractivity contribution is 0.0935. The molecule has 0 saturated heterocycles. The Hall–Kier alpha value is -3.48. The zero-order chi connectivity index (χ0) is 29.7. The monoisotopic (exact) mass is 552 g/mol. The number of rotatable bonds is 11. The molecule has 4 rings (SSSR count). The lowest BCUT2D eigenvalue weighted by Gasteiger charge is -2.16. The van der Waals surface area contributed by atoms with Gasteiger partial charge in [0.05, 0.1) is 6.54 Å². The number of benzene rings is 2. The average molecular weight is 553 g/mol. The fourth-order valence-electron chi connectivity index (χ4n) is 4.30. The molecular formula is C34H56N4O2. The van der Waals surface area contributed by atoms with E-state index >= 15 is 0 Å². The molecule has 1 aromatic heterocycles. The van der Waals surface area contributed by atoms with Crippen molar-refractivity contribution in [2.24, 2.45) is 5.73 Å². The normalized spacial score (nSPS) is 13.4. The maximum Gasteiger partial charge on any atom is 0.263 e. The van der Waals surface area contributed by atoms with Crippen molar-refractivity contribution in [2.75, 3.05) is 6.54 Å². The van der Waals surface area contributed by atoms with Gasteiger partial charge in [-0.25, -0.2) is 0 Å². The van der Waals surface area contributed by atoms with Crippen molar-refractivity contribution >= 4 is 5.91 Å². The molecule has 0 saturated carbocycles. The molecule has 0 bridgehead atoms. The molecule has 0 spiro atoms. The first kappa shape index (κ1) is 32.7. The minimum Gasteiger partial charge on any atom is -0.349 e. The lowest BCUT2D eigenvalue weighted by atomic mass is 9.96. The number of hydrogen-bond donors (Lipinski definition) is 3. The van der Waals surface area contributed by atoms with Gasteiger partial charge in [0.2, 0.25) is 0 Å². The van der Waals surface area contributed by atoms with Crippen molar-refractivity contribution < 1.29 is 10.5 Å². The van der Waals surface area contributed by atoms with Crippen LogP contribution in [0.15, 0.2) is 83.8 Å². The molecule has 0 fully saturated rings. The van der Waals surface area contributed by atoms with Crippen LogP contribution >= 0.6 is 0 Å². The van der Waals surface area contributed by atoms with E-state index < -0.39 is 5.66 Å².